The molecule has 1 aliphatic heterocycles. The Bertz CT molecular complexity index is 407. The van der Waals surface area contributed by atoms with Crippen molar-refractivity contribution in [2.24, 2.45) is 0 Å². The Morgan fingerprint density at radius 1 is 1.50 bits per heavy atom. The average molecular weight is 289 g/mol. The normalized spacial score (nSPS) is 23.6. The third kappa shape index (κ3) is 3.46. The molecule has 2 rings (SSSR count). The second kappa shape index (κ2) is 6.55. The van der Waals surface area contributed by atoms with E-state index in [1.54, 1.807) is 11.3 Å². The van der Waals surface area contributed by atoms with E-state index in [1.807, 2.05) is 4.90 Å². The molecule has 1 aromatic rings. The van der Waals surface area contributed by atoms with Crippen molar-refractivity contribution in [3.8, 4) is 0 Å². The first kappa shape index (κ1) is 15.5. The average Bonchev–Trinajstić information content (AvgIpc) is 2.68. The number of nitrogens with one attached hydrogen (secondary N) is 1. The summed E-state index contributed by atoms with van der Waals surface area (Å²) >= 11 is 1.72. The molecule has 0 aliphatic carbocycles. The number of aryl methyl sites for hydroxylation is 1. The molecule has 1 amide bonds. The van der Waals surface area contributed by atoms with Crippen LogP contribution in [0.2, 0.25) is 0 Å². The van der Waals surface area contributed by atoms with Crippen LogP contribution in [-0.4, -0.2) is 36.0 Å². The topological polar surface area (TPSA) is 32.3 Å². The zero-order valence-electron chi connectivity index (χ0n) is 11.1. The highest BCUT2D eigenvalue weighted by molar-refractivity contribution is 7.12. The van der Waals surface area contributed by atoms with Crippen LogP contribution in [0.3, 0.4) is 0 Å². The Balaban J connectivity index is 0.00000162. The molecule has 1 aromatic heterocycles. The van der Waals surface area contributed by atoms with Gasteiger partial charge in [0.25, 0.3) is 0 Å². The minimum absolute atomic E-state index is 0. The van der Waals surface area contributed by atoms with E-state index in [4.69, 9.17) is 0 Å². The Hall–Kier alpha value is -0.580. The zero-order chi connectivity index (χ0) is 12.4. The lowest BCUT2D eigenvalue weighted by Crippen LogP contribution is -2.57. The van der Waals surface area contributed by atoms with Crippen molar-refractivity contribution in [1.29, 1.82) is 0 Å². The third-order valence-corrected chi connectivity index (χ3v) is 4.48. The van der Waals surface area contributed by atoms with E-state index >= 15 is 0 Å². The van der Waals surface area contributed by atoms with E-state index < -0.39 is 0 Å². The van der Waals surface area contributed by atoms with E-state index in [9.17, 15) is 4.79 Å². The highest BCUT2D eigenvalue weighted by atomic mass is 35.5. The zero-order valence-corrected chi connectivity index (χ0v) is 12.7. The maximum atomic E-state index is 12.2. The number of hydrogen-bond acceptors (Lipinski definition) is 3. The Labute approximate surface area is 119 Å². The standard InChI is InChI=1S/C13H20N2OS.ClH/c1-9-4-5-12(17-9)8-13(16)15-7-6-14-10(2)11(15)3;/h4-5,10-11,14H,6-8H2,1-3H3;1H. The Kier molecular flexibility index (Phi) is 5.63. The van der Waals surface area contributed by atoms with Crippen LogP contribution >= 0.6 is 23.7 Å². The fourth-order valence-electron chi connectivity index (χ4n) is 2.24. The number of piperazine rings is 1. The van der Waals surface area contributed by atoms with Crippen molar-refractivity contribution in [2.75, 3.05) is 13.1 Å². The first-order chi connectivity index (χ1) is 8.08. The monoisotopic (exact) mass is 288 g/mol. The van der Waals surface area contributed by atoms with Gasteiger partial charge in [0.2, 0.25) is 5.91 Å². The van der Waals surface area contributed by atoms with Crippen LogP contribution in [-0.2, 0) is 11.2 Å². The van der Waals surface area contributed by atoms with E-state index in [0.29, 0.717) is 12.5 Å². The van der Waals surface area contributed by atoms with Gasteiger partial charge >= 0.3 is 0 Å². The number of amides is 1. The molecule has 0 bridgehead atoms. The summed E-state index contributed by atoms with van der Waals surface area (Å²) in [6.45, 7) is 8.07. The first-order valence-corrected chi connectivity index (χ1v) is 6.97. The van der Waals surface area contributed by atoms with Crippen LogP contribution in [0.15, 0.2) is 12.1 Å². The maximum Gasteiger partial charge on any atom is 0.228 e. The molecule has 1 saturated heterocycles. The van der Waals surface area contributed by atoms with Crippen LogP contribution in [0.1, 0.15) is 23.6 Å². The van der Waals surface area contributed by atoms with Gasteiger partial charge in [0.15, 0.2) is 0 Å². The quantitative estimate of drug-likeness (QED) is 0.905. The van der Waals surface area contributed by atoms with Gasteiger partial charge in [-0.15, -0.1) is 23.7 Å². The van der Waals surface area contributed by atoms with Crippen LogP contribution in [0.5, 0.6) is 0 Å². The smallest absolute Gasteiger partial charge is 0.228 e. The van der Waals surface area contributed by atoms with Gasteiger partial charge in [0.05, 0.1) is 6.42 Å². The molecule has 0 radical (unpaired) electrons. The van der Waals surface area contributed by atoms with Crippen molar-refractivity contribution < 1.29 is 4.79 Å². The highest BCUT2D eigenvalue weighted by Crippen LogP contribution is 2.18. The number of hydrogen-bond donors (Lipinski definition) is 1. The van der Waals surface area contributed by atoms with Gasteiger partial charge in [0.1, 0.15) is 0 Å². The number of halogens is 1. The molecule has 1 N–H and O–H groups in total. The summed E-state index contributed by atoms with van der Waals surface area (Å²) in [5, 5.41) is 3.39. The molecule has 0 aromatic carbocycles. The fraction of sp³-hybridized carbons (Fsp3) is 0.615. The Morgan fingerprint density at radius 2 is 2.22 bits per heavy atom. The maximum absolute atomic E-state index is 12.2. The lowest BCUT2D eigenvalue weighted by atomic mass is 10.1. The molecule has 5 heteroatoms. The van der Waals surface area contributed by atoms with Crippen LogP contribution in [0.25, 0.3) is 0 Å². The lowest BCUT2D eigenvalue weighted by molar-refractivity contribution is -0.134. The largest absolute Gasteiger partial charge is 0.337 e. The molecule has 1 aliphatic rings. The molecule has 1 fully saturated rings. The van der Waals surface area contributed by atoms with E-state index in [0.717, 1.165) is 13.1 Å². The molecule has 3 nitrogen and oxygen atoms in total. The van der Waals surface area contributed by atoms with Gasteiger partial charge in [0, 0.05) is 34.9 Å². The molecule has 0 spiro atoms. The molecule has 0 saturated carbocycles. The van der Waals surface area contributed by atoms with Crippen LogP contribution < -0.4 is 5.32 Å². The van der Waals surface area contributed by atoms with Crippen molar-refractivity contribution in [2.45, 2.75) is 39.3 Å². The SMILES string of the molecule is Cc1ccc(CC(=O)N2CCNC(C)C2C)s1.Cl. The van der Waals surface area contributed by atoms with Crippen LogP contribution in [0, 0.1) is 6.92 Å². The molecule has 2 heterocycles. The van der Waals surface area contributed by atoms with Crippen molar-refractivity contribution >= 4 is 29.7 Å². The lowest BCUT2D eigenvalue weighted by Gasteiger charge is -2.38. The highest BCUT2D eigenvalue weighted by Gasteiger charge is 2.27. The molecule has 2 unspecified atom stereocenters. The Morgan fingerprint density at radius 3 is 2.83 bits per heavy atom. The van der Waals surface area contributed by atoms with Crippen molar-refractivity contribution in [3.05, 3.63) is 21.9 Å². The summed E-state index contributed by atoms with van der Waals surface area (Å²) in [5.41, 5.74) is 0. The van der Waals surface area contributed by atoms with Gasteiger partial charge in [-0.05, 0) is 32.9 Å². The van der Waals surface area contributed by atoms with Crippen molar-refractivity contribution in [3.63, 3.8) is 0 Å². The van der Waals surface area contributed by atoms with Gasteiger partial charge < -0.3 is 10.2 Å². The van der Waals surface area contributed by atoms with Gasteiger partial charge in [-0.1, -0.05) is 0 Å². The van der Waals surface area contributed by atoms with E-state index in [2.05, 4.69) is 38.2 Å². The predicted octanol–water partition coefficient (Wildman–Crippen LogP) is 2.23. The number of nitrogens with zero attached hydrogens (tertiary/aromatic N) is 1. The summed E-state index contributed by atoms with van der Waals surface area (Å²) in [6.07, 6.45) is 0.551. The summed E-state index contributed by atoms with van der Waals surface area (Å²) in [5.74, 6) is 0.257. The minimum atomic E-state index is 0. The second-order valence-corrected chi connectivity index (χ2v) is 6.13. The third-order valence-electron chi connectivity index (χ3n) is 3.48. The summed E-state index contributed by atoms with van der Waals surface area (Å²) in [6, 6.07) is 4.82. The molecule has 18 heavy (non-hydrogen) atoms. The first-order valence-electron chi connectivity index (χ1n) is 6.16. The number of carbonyl (C=O) groups is 1. The fourth-order valence-corrected chi connectivity index (χ4v) is 3.12. The molecular weight excluding hydrogens is 268 g/mol. The summed E-state index contributed by atoms with van der Waals surface area (Å²) in [7, 11) is 0. The van der Waals surface area contributed by atoms with Gasteiger partial charge in [-0.3, -0.25) is 4.79 Å². The number of carbonyl (C=O) groups excluding carboxylic acids is 1. The molecule has 2 atom stereocenters. The van der Waals surface area contributed by atoms with Crippen LogP contribution in [0.4, 0.5) is 0 Å². The summed E-state index contributed by atoms with van der Waals surface area (Å²) in [4.78, 5) is 16.7. The van der Waals surface area contributed by atoms with Crippen molar-refractivity contribution in [1.82, 2.24) is 10.2 Å². The van der Waals surface area contributed by atoms with Gasteiger partial charge in [-0.2, -0.15) is 0 Å². The number of thiophene rings is 1. The molecular formula is C13H21ClN2OS. The summed E-state index contributed by atoms with van der Waals surface area (Å²) < 4.78 is 0. The second-order valence-electron chi connectivity index (χ2n) is 4.76. The predicted molar refractivity (Wildman–Crippen MR) is 78.6 cm³/mol. The minimum Gasteiger partial charge on any atom is -0.337 e. The van der Waals surface area contributed by atoms with E-state index in [1.165, 1.54) is 9.75 Å². The van der Waals surface area contributed by atoms with E-state index in [-0.39, 0.29) is 24.4 Å². The molecule has 102 valence electrons. The van der Waals surface area contributed by atoms with Gasteiger partial charge in [-0.25, -0.2) is 0 Å². The number of rotatable bonds is 2.